The zero-order chi connectivity index (χ0) is 12.5. The quantitative estimate of drug-likeness (QED) is 0.799. The lowest BCUT2D eigenvalue weighted by molar-refractivity contribution is -0.138. The number of hydrogen-bond acceptors (Lipinski definition) is 2. The Bertz CT molecular complexity index is 396. The summed E-state index contributed by atoms with van der Waals surface area (Å²) in [7, 11) is 0. The fraction of sp³-hybridized carbons (Fsp3) is 0.571. The van der Waals surface area contributed by atoms with Gasteiger partial charge in [0.05, 0.1) is 0 Å². The summed E-state index contributed by atoms with van der Waals surface area (Å²) in [5.41, 5.74) is 1.01. The summed E-state index contributed by atoms with van der Waals surface area (Å²) in [5.74, 6) is 0.288. The third kappa shape index (κ3) is 2.65. The summed E-state index contributed by atoms with van der Waals surface area (Å²) in [4.78, 5) is 18.4. The molecule has 0 saturated heterocycles. The van der Waals surface area contributed by atoms with Crippen molar-refractivity contribution in [3.05, 3.63) is 30.1 Å². The molecule has 17 heavy (non-hydrogen) atoms. The van der Waals surface area contributed by atoms with Gasteiger partial charge in [-0.25, -0.2) is 0 Å². The second-order valence-electron chi connectivity index (χ2n) is 5.45. The maximum atomic E-state index is 12.4. The molecule has 0 spiro atoms. The van der Waals surface area contributed by atoms with Gasteiger partial charge >= 0.3 is 0 Å². The molecule has 0 unspecified atom stereocenters. The molecule has 1 aromatic heterocycles. The van der Waals surface area contributed by atoms with Crippen molar-refractivity contribution in [1.29, 1.82) is 0 Å². The Kier molecular flexibility index (Phi) is 3.18. The van der Waals surface area contributed by atoms with E-state index in [1.54, 1.807) is 6.20 Å². The van der Waals surface area contributed by atoms with Gasteiger partial charge in [0.15, 0.2) is 0 Å². The summed E-state index contributed by atoms with van der Waals surface area (Å²) in [6.07, 6.45) is 5.65. The van der Waals surface area contributed by atoms with E-state index in [1.807, 2.05) is 23.2 Å². The molecule has 0 N–H and O–H groups in total. The summed E-state index contributed by atoms with van der Waals surface area (Å²) in [6, 6.07) is 4.17. The van der Waals surface area contributed by atoms with Crippen LogP contribution >= 0.6 is 0 Å². The van der Waals surface area contributed by atoms with Gasteiger partial charge in [0, 0.05) is 30.4 Å². The molecule has 1 aliphatic rings. The monoisotopic (exact) mass is 232 g/mol. The molecule has 0 aliphatic heterocycles. The Morgan fingerprint density at radius 3 is 2.71 bits per heavy atom. The standard InChI is InChI=1S/C14H20N2O/c1-11(2)16(13(17)14(3)6-7-14)10-12-5-4-8-15-9-12/h4-5,8-9,11H,6-7,10H2,1-3H3. The van der Waals surface area contributed by atoms with Gasteiger partial charge in [0.25, 0.3) is 0 Å². The SMILES string of the molecule is CC(C)N(Cc1cccnc1)C(=O)C1(C)CC1. The second-order valence-corrected chi connectivity index (χ2v) is 5.45. The van der Waals surface area contributed by atoms with Gasteiger partial charge in [0.2, 0.25) is 5.91 Å². The zero-order valence-electron chi connectivity index (χ0n) is 10.8. The molecule has 0 radical (unpaired) electrons. The van der Waals surface area contributed by atoms with Crippen LogP contribution in [0.15, 0.2) is 24.5 Å². The van der Waals surface area contributed by atoms with Crippen LogP contribution in [0.1, 0.15) is 39.2 Å². The van der Waals surface area contributed by atoms with E-state index in [2.05, 4.69) is 25.8 Å². The third-order valence-corrected chi connectivity index (χ3v) is 3.48. The van der Waals surface area contributed by atoms with Crippen LogP contribution in [0, 0.1) is 5.41 Å². The van der Waals surface area contributed by atoms with Gasteiger partial charge in [-0.1, -0.05) is 13.0 Å². The molecule has 1 aliphatic carbocycles. The molecule has 0 aromatic carbocycles. The topological polar surface area (TPSA) is 33.2 Å². The van der Waals surface area contributed by atoms with Crippen LogP contribution in [-0.2, 0) is 11.3 Å². The van der Waals surface area contributed by atoms with Gasteiger partial charge < -0.3 is 4.90 Å². The van der Waals surface area contributed by atoms with Crippen LogP contribution in [0.5, 0.6) is 0 Å². The first-order valence-electron chi connectivity index (χ1n) is 6.23. The number of rotatable bonds is 4. The van der Waals surface area contributed by atoms with E-state index in [4.69, 9.17) is 0 Å². The summed E-state index contributed by atoms with van der Waals surface area (Å²) in [6.45, 7) is 6.87. The van der Waals surface area contributed by atoms with Crippen LogP contribution in [-0.4, -0.2) is 21.8 Å². The molecular weight excluding hydrogens is 212 g/mol. The fourth-order valence-corrected chi connectivity index (χ4v) is 1.93. The molecule has 1 fully saturated rings. The highest BCUT2D eigenvalue weighted by Crippen LogP contribution is 2.47. The average molecular weight is 232 g/mol. The van der Waals surface area contributed by atoms with E-state index in [0.717, 1.165) is 18.4 Å². The van der Waals surface area contributed by atoms with E-state index in [9.17, 15) is 4.79 Å². The summed E-state index contributed by atoms with van der Waals surface area (Å²) in [5, 5.41) is 0. The Hall–Kier alpha value is -1.38. The van der Waals surface area contributed by atoms with Crippen molar-refractivity contribution in [3.8, 4) is 0 Å². The first-order valence-corrected chi connectivity index (χ1v) is 6.23. The summed E-state index contributed by atoms with van der Waals surface area (Å²) >= 11 is 0. The fourth-order valence-electron chi connectivity index (χ4n) is 1.93. The van der Waals surface area contributed by atoms with Crippen LogP contribution in [0.2, 0.25) is 0 Å². The number of carbonyl (C=O) groups excluding carboxylic acids is 1. The Morgan fingerprint density at radius 2 is 2.24 bits per heavy atom. The van der Waals surface area contributed by atoms with E-state index in [-0.39, 0.29) is 17.4 Å². The third-order valence-electron chi connectivity index (χ3n) is 3.48. The van der Waals surface area contributed by atoms with Gasteiger partial charge in [-0.3, -0.25) is 9.78 Å². The Labute approximate surface area is 103 Å². The second kappa shape index (κ2) is 4.47. The van der Waals surface area contributed by atoms with Crippen LogP contribution in [0.25, 0.3) is 0 Å². The van der Waals surface area contributed by atoms with Crippen molar-refractivity contribution in [2.75, 3.05) is 0 Å². The molecule has 2 rings (SSSR count). The number of nitrogens with zero attached hydrogens (tertiary/aromatic N) is 2. The van der Waals surface area contributed by atoms with Crippen molar-refractivity contribution in [2.24, 2.45) is 5.41 Å². The van der Waals surface area contributed by atoms with Crippen molar-refractivity contribution >= 4 is 5.91 Å². The van der Waals surface area contributed by atoms with Crippen molar-refractivity contribution in [1.82, 2.24) is 9.88 Å². The molecule has 3 nitrogen and oxygen atoms in total. The minimum atomic E-state index is -0.0908. The predicted octanol–water partition coefficient (Wildman–Crippen LogP) is 2.62. The molecule has 1 aromatic rings. The number of carbonyl (C=O) groups is 1. The average Bonchev–Trinajstić information content (AvgIpc) is 3.06. The van der Waals surface area contributed by atoms with Crippen molar-refractivity contribution in [2.45, 2.75) is 46.2 Å². The first kappa shape index (κ1) is 12.1. The maximum Gasteiger partial charge on any atom is 0.229 e. The lowest BCUT2D eigenvalue weighted by Crippen LogP contribution is -2.40. The minimum Gasteiger partial charge on any atom is -0.335 e. The zero-order valence-corrected chi connectivity index (χ0v) is 10.8. The number of pyridine rings is 1. The van der Waals surface area contributed by atoms with Crippen molar-refractivity contribution in [3.63, 3.8) is 0 Å². The van der Waals surface area contributed by atoms with Crippen LogP contribution in [0.3, 0.4) is 0 Å². The molecule has 0 bridgehead atoms. The highest BCUT2D eigenvalue weighted by molar-refractivity contribution is 5.85. The molecule has 1 amide bonds. The number of hydrogen-bond donors (Lipinski definition) is 0. The van der Waals surface area contributed by atoms with E-state index < -0.39 is 0 Å². The van der Waals surface area contributed by atoms with Gasteiger partial charge in [-0.2, -0.15) is 0 Å². The van der Waals surface area contributed by atoms with Gasteiger partial charge in [-0.15, -0.1) is 0 Å². The van der Waals surface area contributed by atoms with Crippen LogP contribution in [0.4, 0.5) is 0 Å². The predicted molar refractivity (Wildman–Crippen MR) is 67.3 cm³/mol. The number of amides is 1. The smallest absolute Gasteiger partial charge is 0.229 e. The molecule has 1 saturated carbocycles. The summed E-state index contributed by atoms with van der Waals surface area (Å²) < 4.78 is 0. The molecule has 0 atom stereocenters. The van der Waals surface area contributed by atoms with Gasteiger partial charge in [0.1, 0.15) is 0 Å². The van der Waals surface area contributed by atoms with Gasteiger partial charge in [-0.05, 0) is 38.3 Å². The van der Waals surface area contributed by atoms with E-state index in [1.165, 1.54) is 0 Å². The molecule has 92 valence electrons. The van der Waals surface area contributed by atoms with Crippen molar-refractivity contribution < 1.29 is 4.79 Å². The maximum absolute atomic E-state index is 12.4. The van der Waals surface area contributed by atoms with Crippen LogP contribution < -0.4 is 0 Å². The van der Waals surface area contributed by atoms with E-state index >= 15 is 0 Å². The first-order chi connectivity index (χ1) is 8.03. The lowest BCUT2D eigenvalue weighted by Gasteiger charge is -2.29. The minimum absolute atomic E-state index is 0.0908. The Morgan fingerprint density at radius 1 is 1.53 bits per heavy atom. The Balaban J connectivity index is 2.11. The molecule has 1 heterocycles. The molecule has 3 heteroatoms. The largest absolute Gasteiger partial charge is 0.335 e. The normalized spacial score (nSPS) is 16.9. The highest BCUT2D eigenvalue weighted by atomic mass is 16.2. The molecular formula is C14H20N2O. The lowest BCUT2D eigenvalue weighted by atomic mass is 10.1. The number of aromatic nitrogens is 1. The highest BCUT2D eigenvalue weighted by Gasteiger charge is 2.47. The van der Waals surface area contributed by atoms with E-state index in [0.29, 0.717) is 6.54 Å².